The van der Waals surface area contributed by atoms with Crippen LogP contribution in [0.1, 0.15) is 45.2 Å². The van der Waals surface area contributed by atoms with Crippen molar-refractivity contribution < 1.29 is 28.2 Å². The van der Waals surface area contributed by atoms with Crippen molar-refractivity contribution in [2.24, 2.45) is 0 Å². The van der Waals surface area contributed by atoms with Crippen LogP contribution in [0.4, 0.5) is 5.69 Å². The first-order valence-corrected chi connectivity index (χ1v) is 10.7. The first-order chi connectivity index (χ1) is 15.9. The molecule has 33 heavy (non-hydrogen) atoms. The van der Waals surface area contributed by atoms with E-state index in [1.165, 1.54) is 38.5 Å². The van der Waals surface area contributed by atoms with Crippen molar-refractivity contribution in [3.8, 4) is 5.75 Å². The van der Waals surface area contributed by atoms with Crippen LogP contribution in [0.15, 0.2) is 39.5 Å². The van der Waals surface area contributed by atoms with Crippen LogP contribution in [0.2, 0.25) is 5.02 Å². The van der Waals surface area contributed by atoms with Crippen molar-refractivity contribution in [2.45, 2.75) is 26.3 Å². The number of esters is 2. The van der Waals surface area contributed by atoms with Crippen LogP contribution < -0.4 is 15.3 Å². The van der Waals surface area contributed by atoms with Gasteiger partial charge >= 0.3 is 17.6 Å². The second-order valence-corrected chi connectivity index (χ2v) is 7.98. The molecule has 4 rings (SSSR count). The van der Waals surface area contributed by atoms with Crippen LogP contribution in [-0.2, 0) is 22.4 Å². The monoisotopic (exact) mass is 471 g/mol. The first-order valence-electron chi connectivity index (χ1n) is 10.3. The lowest BCUT2D eigenvalue weighted by Crippen LogP contribution is -2.33. The van der Waals surface area contributed by atoms with Gasteiger partial charge in [0.15, 0.2) is 6.73 Å². The van der Waals surface area contributed by atoms with E-state index < -0.39 is 17.6 Å². The topological polar surface area (TPSA) is 95.3 Å². The molecule has 0 atom stereocenters. The van der Waals surface area contributed by atoms with Gasteiger partial charge in [-0.25, -0.2) is 14.4 Å². The van der Waals surface area contributed by atoms with Crippen molar-refractivity contribution >= 4 is 40.2 Å². The van der Waals surface area contributed by atoms with E-state index in [9.17, 15) is 14.4 Å². The number of methoxy groups -OCH3 is 2. The molecule has 0 bridgehead atoms. The summed E-state index contributed by atoms with van der Waals surface area (Å²) in [5, 5.41) is 1.14. The Morgan fingerprint density at radius 3 is 2.58 bits per heavy atom. The number of carbonyl (C=O) groups is 2. The maximum atomic E-state index is 12.4. The Bertz CT molecular complexity index is 1310. The molecule has 0 saturated heterocycles. The highest BCUT2D eigenvalue weighted by Crippen LogP contribution is 2.41. The van der Waals surface area contributed by atoms with Crippen LogP contribution in [0.25, 0.3) is 11.0 Å². The first kappa shape index (κ1) is 22.7. The van der Waals surface area contributed by atoms with Gasteiger partial charge in [0, 0.05) is 11.5 Å². The number of hydrogen-bond donors (Lipinski definition) is 0. The molecule has 0 spiro atoms. The predicted molar refractivity (Wildman–Crippen MR) is 122 cm³/mol. The number of hydrogen-bond acceptors (Lipinski definition) is 8. The Hall–Kier alpha value is -3.52. The van der Waals surface area contributed by atoms with Gasteiger partial charge in [0.25, 0.3) is 0 Å². The van der Waals surface area contributed by atoms with Crippen LogP contribution >= 0.6 is 11.6 Å². The van der Waals surface area contributed by atoms with E-state index in [0.717, 1.165) is 17.4 Å². The van der Waals surface area contributed by atoms with Crippen LogP contribution in [0.5, 0.6) is 5.75 Å². The average molecular weight is 472 g/mol. The standard InChI is InChI=1S/C24H22ClNO7/c1-4-5-13-9-20(27)33-21-16(13)10-18(25)22-17(21)11-26(12-32-22)19-8-14(23(28)30-2)6-7-15(19)24(29)31-3/h6-10H,4-5,11-12H2,1-3H3. The fourth-order valence-electron chi connectivity index (χ4n) is 4.00. The van der Waals surface area contributed by atoms with Crippen molar-refractivity contribution in [3.05, 3.63) is 68.0 Å². The van der Waals surface area contributed by atoms with E-state index in [1.54, 1.807) is 11.0 Å². The zero-order valence-corrected chi connectivity index (χ0v) is 19.2. The molecule has 2 aromatic carbocycles. The van der Waals surface area contributed by atoms with E-state index in [2.05, 4.69) is 0 Å². The highest BCUT2D eigenvalue weighted by molar-refractivity contribution is 6.33. The Morgan fingerprint density at radius 2 is 1.88 bits per heavy atom. The molecule has 1 aliphatic rings. The van der Waals surface area contributed by atoms with Gasteiger partial charge in [0.2, 0.25) is 0 Å². The van der Waals surface area contributed by atoms with Crippen LogP contribution in [0.3, 0.4) is 0 Å². The average Bonchev–Trinajstić information content (AvgIpc) is 2.83. The fourth-order valence-corrected chi connectivity index (χ4v) is 4.28. The minimum absolute atomic E-state index is 0.0474. The summed E-state index contributed by atoms with van der Waals surface area (Å²) in [7, 11) is 2.56. The number of nitrogens with zero attached hydrogens (tertiary/aromatic N) is 1. The lowest BCUT2D eigenvalue weighted by atomic mass is 10.0. The van der Waals surface area contributed by atoms with Gasteiger partial charge in [0.05, 0.1) is 48.2 Å². The number of ether oxygens (including phenoxy) is 3. The molecule has 0 aliphatic carbocycles. The quantitative estimate of drug-likeness (QED) is 0.401. The SMILES string of the molecule is CCCc1cc(=O)oc2c3c(c(Cl)cc12)OCN(c1cc(C(=O)OC)ccc1C(=O)OC)C3. The molecule has 0 N–H and O–H groups in total. The Balaban J connectivity index is 1.87. The smallest absolute Gasteiger partial charge is 0.339 e. The highest BCUT2D eigenvalue weighted by atomic mass is 35.5. The van der Waals surface area contributed by atoms with Crippen molar-refractivity contribution in [2.75, 3.05) is 25.9 Å². The molecule has 1 aliphatic heterocycles. The van der Waals surface area contributed by atoms with E-state index in [0.29, 0.717) is 34.0 Å². The normalized spacial score (nSPS) is 12.8. The number of fused-ring (bicyclic) bond motifs is 3. The van der Waals surface area contributed by atoms with Gasteiger partial charge in [-0.05, 0) is 36.2 Å². The summed E-state index contributed by atoms with van der Waals surface area (Å²) in [4.78, 5) is 38.5. The zero-order valence-electron chi connectivity index (χ0n) is 18.4. The lowest BCUT2D eigenvalue weighted by Gasteiger charge is -2.32. The second kappa shape index (κ2) is 9.15. The third-order valence-electron chi connectivity index (χ3n) is 5.52. The number of aryl methyl sites for hydroxylation is 1. The molecule has 0 saturated carbocycles. The van der Waals surface area contributed by atoms with Gasteiger partial charge < -0.3 is 23.5 Å². The largest absolute Gasteiger partial charge is 0.471 e. The molecule has 0 amide bonds. The molecule has 1 aromatic heterocycles. The summed E-state index contributed by atoms with van der Waals surface area (Å²) in [6.07, 6.45) is 1.54. The molecular formula is C24H22ClNO7. The summed E-state index contributed by atoms with van der Waals surface area (Å²) in [5.74, 6) is -0.699. The molecule has 172 valence electrons. The number of anilines is 1. The molecular weight excluding hydrogens is 450 g/mol. The summed E-state index contributed by atoms with van der Waals surface area (Å²) in [5.41, 5.74) is 2.27. The lowest BCUT2D eigenvalue weighted by molar-refractivity contribution is 0.0587. The van der Waals surface area contributed by atoms with Gasteiger partial charge in [-0.2, -0.15) is 0 Å². The maximum absolute atomic E-state index is 12.4. The van der Waals surface area contributed by atoms with Crippen molar-refractivity contribution in [3.63, 3.8) is 0 Å². The van der Waals surface area contributed by atoms with Gasteiger partial charge in [-0.15, -0.1) is 0 Å². The minimum atomic E-state index is -0.570. The van der Waals surface area contributed by atoms with Crippen molar-refractivity contribution in [1.82, 2.24) is 0 Å². The van der Waals surface area contributed by atoms with Gasteiger partial charge in [0.1, 0.15) is 11.3 Å². The van der Waals surface area contributed by atoms with E-state index in [-0.39, 0.29) is 24.4 Å². The molecule has 2 heterocycles. The summed E-state index contributed by atoms with van der Waals surface area (Å²) >= 11 is 6.52. The van der Waals surface area contributed by atoms with Crippen LogP contribution in [-0.4, -0.2) is 32.9 Å². The summed E-state index contributed by atoms with van der Waals surface area (Å²) in [6, 6.07) is 7.75. The fraction of sp³-hybridized carbons (Fsp3) is 0.292. The molecule has 0 unspecified atom stereocenters. The van der Waals surface area contributed by atoms with Crippen LogP contribution in [0, 0.1) is 0 Å². The highest BCUT2D eigenvalue weighted by Gasteiger charge is 2.28. The number of halogens is 1. The molecule has 8 nitrogen and oxygen atoms in total. The predicted octanol–water partition coefficient (Wildman–Crippen LogP) is 4.33. The number of carbonyl (C=O) groups excluding carboxylic acids is 2. The summed E-state index contributed by atoms with van der Waals surface area (Å²) < 4.78 is 21.2. The Labute approximate surface area is 194 Å². The minimum Gasteiger partial charge on any atom is -0.471 e. The molecule has 0 radical (unpaired) electrons. The number of benzene rings is 2. The van der Waals surface area contributed by atoms with E-state index in [1.807, 2.05) is 6.92 Å². The maximum Gasteiger partial charge on any atom is 0.339 e. The Kier molecular flexibility index (Phi) is 6.29. The van der Waals surface area contributed by atoms with E-state index >= 15 is 0 Å². The Morgan fingerprint density at radius 1 is 1.12 bits per heavy atom. The van der Waals surface area contributed by atoms with Gasteiger partial charge in [-0.3, -0.25) is 0 Å². The third-order valence-corrected chi connectivity index (χ3v) is 5.80. The molecule has 0 fully saturated rings. The molecule has 3 aromatic rings. The molecule has 9 heteroatoms. The van der Waals surface area contributed by atoms with E-state index in [4.69, 9.17) is 30.2 Å². The number of rotatable bonds is 5. The third kappa shape index (κ3) is 4.14. The second-order valence-electron chi connectivity index (χ2n) is 7.57. The van der Waals surface area contributed by atoms with Gasteiger partial charge in [-0.1, -0.05) is 24.9 Å². The summed E-state index contributed by atoms with van der Waals surface area (Å²) in [6.45, 7) is 2.29. The zero-order chi connectivity index (χ0) is 23.7. The van der Waals surface area contributed by atoms with Crippen molar-refractivity contribution in [1.29, 1.82) is 0 Å².